The Labute approximate surface area is 145 Å². The van der Waals surface area contributed by atoms with Crippen LogP contribution in [0.25, 0.3) is 11.1 Å². The first-order chi connectivity index (χ1) is 11.8. The molecule has 1 saturated heterocycles. The van der Waals surface area contributed by atoms with E-state index in [0.717, 1.165) is 0 Å². The lowest BCUT2D eigenvalue weighted by Gasteiger charge is -2.39. The van der Waals surface area contributed by atoms with Gasteiger partial charge in [-0.25, -0.2) is 9.18 Å². The van der Waals surface area contributed by atoms with E-state index in [0.29, 0.717) is 29.8 Å². The number of halogens is 1. The van der Waals surface area contributed by atoms with Crippen LogP contribution in [0.4, 0.5) is 9.18 Å². The van der Waals surface area contributed by atoms with E-state index in [9.17, 15) is 14.4 Å². The number of benzene rings is 1. The minimum atomic E-state index is -0.522. The molecule has 6 nitrogen and oxygen atoms in total. The predicted molar refractivity (Wildman–Crippen MR) is 89.2 cm³/mol. The number of ether oxygens (including phenoxy) is 1. The Morgan fingerprint density at radius 2 is 2.12 bits per heavy atom. The molecule has 7 heteroatoms. The number of hydrogen-bond donors (Lipinski definition) is 0. The third kappa shape index (κ3) is 3.63. The van der Waals surface area contributed by atoms with Gasteiger partial charge in [-0.2, -0.15) is 10.4 Å². The molecule has 0 unspecified atom stereocenters. The quantitative estimate of drug-likeness (QED) is 0.839. The van der Waals surface area contributed by atoms with Crippen molar-refractivity contribution in [3.8, 4) is 17.2 Å². The summed E-state index contributed by atoms with van der Waals surface area (Å²) in [5, 5.41) is 13.5. The fraction of sp³-hybridized carbons (Fsp3) is 0.389. The first-order valence-electron chi connectivity index (χ1n) is 7.99. The largest absolute Gasteiger partial charge is 0.444 e. The lowest BCUT2D eigenvalue weighted by atomic mass is 10.0. The SMILES string of the molecule is CC(C)(C)OC(=O)N1CC(n2cc(-c3cc(F)ccc3C#N)cn2)C1. The Balaban J connectivity index is 1.69. The monoisotopic (exact) mass is 342 g/mol. The second-order valence-corrected chi connectivity index (χ2v) is 7.05. The smallest absolute Gasteiger partial charge is 0.410 e. The van der Waals surface area contributed by atoms with Crippen LogP contribution in [0.5, 0.6) is 0 Å². The van der Waals surface area contributed by atoms with Crippen molar-refractivity contribution in [2.24, 2.45) is 0 Å². The molecule has 1 aromatic carbocycles. The number of nitrogens with zero attached hydrogens (tertiary/aromatic N) is 4. The predicted octanol–water partition coefficient (Wildman–Crippen LogP) is 3.35. The molecule has 0 radical (unpaired) electrons. The van der Waals surface area contributed by atoms with Crippen LogP contribution in [-0.2, 0) is 4.74 Å². The number of nitriles is 1. The van der Waals surface area contributed by atoms with Gasteiger partial charge in [0.15, 0.2) is 0 Å². The fourth-order valence-electron chi connectivity index (χ4n) is 2.63. The summed E-state index contributed by atoms with van der Waals surface area (Å²) in [6.07, 6.45) is 3.03. The molecule has 0 atom stereocenters. The van der Waals surface area contributed by atoms with E-state index >= 15 is 0 Å². The maximum atomic E-state index is 13.5. The van der Waals surface area contributed by atoms with Gasteiger partial charge in [0, 0.05) is 30.4 Å². The zero-order valence-electron chi connectivity index (χ0n) is 14.4. The van der Waals surface area contributed by atoms with Crippen LogP contribution in [0, 0.1) is 17.1 Å². The Kier molecular flexibility index (Phi) is 4.21. The maximum absolute atomic E-state index is 13.5. The zero-order chi connectivity index (χ0) is 18.2. The van der Waals surface area contributed by atoms with E-state index in [-0.39, 0.29) is 12.1 Å². The van der Waals surface area contributed by atoms with Crippen molar-refractivity contribution < 1.29 is 13.9 Å². The lowest BCUT2D eigenvalue weighted by molar-refractivity contribution is -0.000381. The topological polar surface area (TPSA) is 71.2 Å². The minimum absolute atomic E-state index is 0.0420. The van der Waals surface area contributed by atoms with Crippen molar-refractivity contribution in [2.75, 3.05) is 13.1 Å². The molecule has 1 aromatic heterocycles. The average Bonchev–Trinajstić information content (AvgIpc) is 2.93. The summed E-state index contributed by atoms with van der Waals surface area (Å²) >= 11 is 0. The molecule has 0 N–H and O–H groups in total. The molecular formula is C18H19FN4O2. The van der Waals surface area contributed by atoms with Crippen molar-refractivity contribution in [3.05, 3.63) is 42.0 Å². The maximum Gasteiger partial charge on any atom is 0.410 e. The van der Waals surface area contributed by atoms with Crippen LogP contribution in [0.3, 0.4) is 0 Å². The Morgan fingerprint density at radius 1 is 1.40 bits per heavy atom. The molecule has 2 aromatic rings. The van der Waals surface area contributed by atoms with Crippen LogP contribution in [-0.4, -0.2) is 39.5 Å². The van der Waals surface area contributed by atoms with Crippen LogP contribution in [0.1, 0.15) is 32.4 Å². The summed E-state index contributed by atoms with van der Waals surface area (Å²) < 4.78 is 20.6. The van der Waals surface area contributed by atoms with E-state index < -0.39 is 11.4 Å². The van der Waals surface area contributed by atoms with Gasteiger partial charge in [0.1, 0.15) is 11.4 Å². The van der Waals surface area contributed by atoms with Gasteiger partial charge in [0.05, 0.1) is 23.9 Å². The molecule has 3 rings (SSSR count). The third-order valence-corrected chi connectivity index (χ3v) is 3.90. The highest BCUT2D eigenvalue weighted by molar-refractivity contribution is 5.70. The minimum Gasteiger partial charge on any atom is -0.444 e. The van der Waals surface area contributed by atoms with Gasteiger partial charge < -0.3 is 9.64 Å². The normalized spacial score (nSPS) is 14.8. The molecule has 2 heterocycles. The number of rotatable bonds is 2. The van der Waals surface area contributed by atoms with Gasteiger partial charge in [-0.3, -0.25) is 4.68 Å². The number of likely N-dealkylation sites (tertiary alicyclic amines) is 1. The van der Waals surface area contributed by atoms with E-state index in [1.165, 1.54) is 18.2 Å². The van der Waals surface area contributed by atoms with Crippen LogP contribution >= 0.6 is 0 Å². The van der Waals surface area contributed by atoms with Crippen molar-refractivity contribution in [3.63, 3.8) is 0 Å². The molecular weight excluding hydrogens is 323 g/mol. The number of carbonyl (C=O) groups excluding carboxylic acids is 1. The summed E-state index contributed by atoms with van der Waals surface area (Å²) in [5.74, 6) is -0.401. The highest BCUT2D eigenvalue weighted by Crippen LogP contribution is 2.28. The van der Waals surface area contributed by atoms with Gasteiger partial charge in [-0.1, -0.05) is 0 Å². The molecule has 25 heavy (non-hydrogen) atoms. The molecule has 1 aliphatic heterocycles. The standard InChI is InChI=1S/C18H19FN4O2/c1-18(2,3)25-17(24)22-10-15(11-22)23-9-13(8-21-23)16-6-14(19)5-4-12(16)7-20/h4-6,8-9,15H,10-11H2,1-3H3. The second kappa shape index (κ2) is 6.20. The Hall–Kier alpha value is -2.88. The summed E-state index contributed by atoms with van der Waals surface area (Å²) in [6.45, 7) is 6.49. The first kappa shape index (κ1) is 17.0. The average molecular weight is 342 g/mol. The molecule has 130 valence electrons. The van der Waals surface area contributed by atoms with E-state index in [2.05, 4.69) is 11.2 Å². The van der Waals surface area contributed by atoms with Gasteiger partial charge in [0.2, 0.25) is 0 Å². The van der Waals surface area contributed by atoms with Gasteiger partial charge in [-0.05, 0) is 39.0 Å². The van der Waals surface area contributed by atoms with E-state index in [4.69, 9.17) is 4.74 Å². The molecule has 1 fully saturated rings. The van der Waals surface area contributed by atoms with Gasteiger partial charge >= 0.3 is 6.09 Å². The molecule has 0 bridgehead atoms. The number of amides is 1. The summed E-state index contributed by atoms with van der Waals surface area (Å²) in [4.78, 5) is 13.6. The number of carbonyl (C=O) groups is 1. The van der Waals surface area contributed by atoms with E-state index in [1.807, 2.05) is 20.8 Å². The van der Waals surface area contributed by atoms with Crippen LogP contribution < -0.4 is 0 Å². The third-order valence-electron chi connectivity index (χ3n) is 3.90. The summed E-state index contributed by atoms with van der Waals surface area (Å²) in [5.41, 5.74) is 1.06. The lowest BCUT2D eigenvalue weighted by Crippen LogP contribution is -2.52. The first-order valence-corrected chi connectivity index (χ1v) is 7.99. The van der Waals surface area contributed by atoms with Crippen LogP contribution in [0.15, 0.2) is 30.6 Å². The summed E-state index contributed by atoms with van der Waals surface area (Å²) in [7, 11) is 0. The Bertz CT molecular complexity index is 841. The number of hydrogen-bond acceptors (Lipinski definition) is 4. The molecule has 0 saturated carbocycles. The van der Waals surface area contributed by atoms with Crippen molar-refractivity contribution in [1.82, 2.24) is 14.7 Å². The van der Waals surface area contributed by atoms with E-state index in [1.54, 1.807) is 22.0 Å². The van der Waals surface area contributed by atoms with Crippen molar-refractivity contribution >= 4 is 6.09 Å². The van der Waals surface area contributed by atoms with Gasteiger partial charge in [-0.15, -0.1) is 0 Å². The Morgan fingerprint density at radius 3 is 2.76 bits per heavy atom. The highest BCUT2D eigenvalue weighted by Gasteiger charge is 2.35. The summed E-state index contributed by atoms with van der Waals surface area (Å²) in [6, 6.07) is 6.14. The second-order valence-electron chi connectivity index (χ2n) is 7.05. The van der Waals surface area contributed by atoms with Crippen molar-refractivity contribution in [1.29, 1.82) is 5.26 Å². The molecule has 0 aliphatic carbocycles. The number of aromatic nitrogens is 2. The van der Waals surface area contributed by atoms with Crippen LogP contribution in [0.2, 0.25) is 0 Å². The zero-order valence-corrected chi connectivity index (χ0v) is 14.4. The van der Waals surface area contributed by atoms with Crippen molar-refractivity contribution in [2.45, 2.75) is 32.4 Å². The van der Waals surface area contributed by atoms with Gasteiger partial charge in [0.25, 0.3) is 0 Å². The molecule has 1 amide bonds. The highest BCUT2D eigenvalue weighted by atomic mass is 19.1. The fourth-order valence-corrected chi connectivity index (χ4v) is 2.63. The molecule has 1 aliphatic rings. The molecule has 0 spiro atoms.